The van der Waals surface area contributed by atoms with Crippen molar-refractivity contribution < 1.29 is 9.53 Å². The van der Waals surface area contributed by atoms with Crippen LogP contribution in [-0.4, -0.2) is 17.1 Å². The molecular formula is C13H18N2O2. The molecule has 2 heterocycles. The van der Waals surface area contributed by atoms with Crippen molar-refractivity contribution >= 4 is 11.9 Å². The van der Waals surface area contributed by atoms with E-state index in [0.29, 0.717) is 12.5 Å². The van der Waals surface area contributed by atoms with Crippen LogP contribution >= 0.6 is 0 Å². The van der Waals surface area contributed by atoms with Gasteiger partial charge in [0.05, 0.1) is 0 Å². The lowest BCUT2D eigenvalue weighted by Crippen LogP contribution is -2.41. The summed E-state index contributed by atoms with van der Waals surface area (Å²) in [6.45, 7) is 8.42. The van der Waals surface area contributed by atoms with E-state index in [2.05, 4.69) is 18.8 Å². The van der Waals surface area contributed by atoms with Crippen LogP contribution in [0.15, 0.2) is 12.1 Å². The standard InChI is InChI=1S/C13H18N2O2/c1-8(2)11-6-5-10-7-17-13(16)15(9(3)4)12(10)14-11/h5-6,8-9H,7H2,1-4H3. The summed E-state index contributed by atoms with van der Waals surface area (Å²) in [5.41, 5.74) is 1.98. The van der Waals surface area contributed by atoms with Crippen LogP contribution in [-0.2, 0) is 11.3 Å². The summed E-state index contributed by atoms with van der Waals surface area (Å²) in [6, 6.07) is 4.05. The summed E-state index contributed by atoms with van der Waals surface area (Å²) in [6.07, 6.45) is -0.305. The number of nitrogens with zero attached hydrogens (tertiary/aromatic N) is 2. The molecule has 4 heteroatoms. The monoisotopic (exact) mass is 234 g/mol. The van der Waals surface area contributed by atoms with Crippen molar-refractivity contribution in [3.05, 3.63) is 23.4 Å². The van der Waals surface area contributed by atoms with Crippen LogP contribution in [0.3, 0.4) is 0 Å². The van der Waals surface area contributed by atoms with Crippen LogP contribution in [0.4, 0.5) is 10.6 Å². The van der Waals surface area contributed by atoms with Gasteiger partial charge in [-0.2, -0.15) is 0 Å². The molecule has 1 aromatic rings. The van der Waals surface area contributed by atoms with E-state index in [1.165, 1.54) is 0 Å². The third kappa shape index (κ3) is 2.12. The number of cyclic esters (lactones) is 1. The SMILES string of the molecule is CC(C)c1ccc2c(n1)N(C(C)C)C(=O)OC2. The first-order valence-corrected chi connectivity index (χ1v) is 5.96. The average Bonchev–Trinajstić information content (AvgIpc) is 2.27. The minimum absolute atomic E-state index is 0.0523. The molecule has 1 aromatic heterocycles. The highest BCUT2D eigenvalue weighted by Crippen LogP contribution is 2.28. The second-order valence-electron chi connectivity index (χ2n) is 4.89. The van der Waals surface area contributed by atoms with Gasteiger partial charge in [0.1, 0.15) is 12.4 Å². The Kier molecular flexibility index (Phi) is 3.05. The lowest BCUT2D eigenvalue weighted by Gasteiger charge is -2.31. The smallest absolute Gasteiger partial charge is 0.416 e. The zero-order valence-electron chi connectivity index (χ0n) is 10.7. The molecule has 4 nitrogen and oxygen atoms in total. The van der Waals surface area contributed by atoms with Crippen molar-refractivity contribution in [2.45, 2.75) is 46.3 Å². The molecule has 0 N–H and O–H groups in total. The summed E-state index contributed by atoms with van der Waals surface area (Å²) in [5.74, 6) is 1.11. The van der Waals surface area contributed by atoms with E-state index in [0.717, 1.165) is 17.1 Å². The highest BCUT2D eigenvalue weighted by atomic mass is 16.6. The molecule has 0 fully saturated rings. The molecule has 0 atom stereocenters. The van der Waals surface area contributed by atoms with Gasteiger partial charge in [0.25, 0.3) is 0 Å². The second kappa shape index (κ2) is 4.35. The number of hydrogen-bond acceptors (Lipinski definition) is 3. The van der Waals surface area contributed by atoms with Crippen molar-refractivity contribution in [3.63, 3.8) is 0 Å². The Labute approximate surface area is 102 Å². The largest absolute Gasteiger partial charge is 0.444 e. The first-order chi connectivity index (χ1) is 8.00. The van der Waals surface area contributed by atoms with Gasteiger partial charge in [0.15, 0.2) is 0 Å². The fraction of sp³-hybridized carbons (Fsp3) is 0.538. The molecule has 1 aliphatic heterocycles. The number of carbonyl (C=O) groups excluding carboxylic acids is 1. The number of aromatic nitrogens is 1. The fourth-order valence-electron chi connectivity index (χ4n) is 1.89. The summed E-state index contributed by atoms with van der Waals surface area (Å²) in [4.78, 5) is 18.0. The van der Waals surface area contributed by atoms with Gasteiger partial charge in [-0.1, -0.05) is 19.9 Å². The normalized spacial score (nSPS) is 15.2. The van der Waals surface area contributed by atoms with E-state index in [1.807, 2.05) is 26.0 Å². The van der Waals surface area contributed by atoms with Gasteiger partial charge >= 0.3 is 6.09 Å². The maximum Gasteiger partial charge on any atom is 0.416 e. The molecule has 0 bridgehead atoms. The fourth-order valence-corrected chi connectivity index (χ4v) is 1.89. The van der Waals surface area contributed by atoms with Gasteiger partial charge in [-0.3, -0.25) is 4.90 Å². The number of hydrogen-bond donors (Lipinski definition) is 0. The molecule has 92 valence electrons. The van der Waals surface area contributed by atoms with E-state index < -0.39 is 0 Å². The number of fused-ring (bicyclic) bond motifs is 1. The summed E-state index contributed by atoms with van der Waals surface area (Å²) >= 11 is 0. The van der Waals surface area contributed by atoms with Crippen LogP contribution in [0.25, 0.3) is 0 Å². The van der Waals surface area contributed by atoms with Gasteiger partial charge in [-0.25, -0.2) is 9.78 Å². The zero-order chi connectivity index (χ0) is 12.6. The van der Waals surface area contributed by atoms with Crippen molar-refractivity contribution in [2.24, 2.45) is 0 Å². The Hall–Kier alpha value is -1.58. The quantitative estimate of drug-likeness (QED) is 0.789. The average molecular weight is 234 g/mol. The van der Waals surface area contributed by atoms with Crippen LogP contribution < -0.4 is 4.90 Å². The molecule has 2 rings (SSSR count). The minimum Gasteiger partial charge on any atom is -0.444 e. The molecule has 0 saturated heterocycles. The van der Waals surface area contributed by atoms with Crippen molar-refractivity contribution in [3.8, 4) is 0 Å². The van der Waals surface area contributed by atoms with Gasteiger partial charge in [-0.15, -0.1) is 0 Å². The Morgan fingerprint density at radius 3 is 2.59 bits per heavy atom. The topological polar surface area (TPSA) is 42.4 Å². The first kappa shape index (κ1) is 11.9. The number of ether oxygens (including phenoxy) is 1. The molecular weight excluding hydrogens is 216 g/mol. The van der Waals surface area contributed by atoms with Crippen molar-refractivity contribution in [1.82, 2.24) is 4.98 Å². The predicted molar refractivity (Wildman–Crippen MR) is 66.1 cm³/mol. The molecule has 17 heavy (non-hydrogen) atoms. The molecule has 1 aliphatic rings. The number of anilines is 1. The van der Waals surface area contributed by atoms with E-state index in [-0.39, 0.29) is 12.1 Å². The maximum absolute atomic E-state index is 11.7. The van der Waals surface area contributed by atoms with E-state index in [4.69, 9.17) is 4.74 Å². The van der Waals surface area contributed by atoms with Gasteiger partial charge in [-0.05, 0) is 25.8 Å². The van der Waals surface area contributed by atoms with E-state index in [9.17, 15) is 4.79 Å². The van der Waals surface area contributed by atoms with Crippen LogP contribution in [0.5, 0.6) is 0 Å². The molecule has 0 spiro atoms. The summed E-state index contributed by atoms with van der Waals surface area (Å²) in [7, 11) is 0. The van der Waals surface area contributed by atoms with Gasteiger partial charge in [0, 0.05) is 17.3 Å². The molecule has 0 radical (unpaired) electrons. The second-order valence-corrected chi connectivity index (χ2v) is 4.89. The Bertz CT molecular complexity index is 441. The lowest BCUT2D eigenvalue weighted by molar-refractivity contribution is 0.139. The van der Waals surface area contributed by atoms with Crippen LogP contribution in [0, 0.1) is 0 Å². The molecule has 0 aromatic carbocycles. The number of pyridine rings is 1. The third-order valence-electron chi connectivity index (χ3n) is 2.86. The predicted octanol–water partition coefficient (Wildman–Crippen LogP) is 3.07. The third-order valence-corrected chi connectivity index (χ3v) is 2.86. The Balaban J connectivity index is 2.48. The van der Waals surface area contributed by atoms with Crippen LogP contribution in [0.2, 0.25) is 0 Å². The Morgan fingerprint density at radius 2 is 2.00 bits per heavy atom. The van der Waals surface area contributed by atoms with Crippen LogP contribution in [0.1, 0.15) is 44.9 Å². The number of carbonyl (C=O) groups is 1. The molecule has 0 aliphatic carbocycles. The number of amides is 1. The zero-order valence-corrected chi connectivity index (χ0v) is 10.7. The molecule has 1 amide bonds. The molecule has 0 saturated carbocycles. The summed E-state index contributed by atoms with van der Waals surface area (Å²) in [5, 5.41) is 0. The minimum atomic E-state index is -0.305. The van der Waals surface area contributed by atoms with Gasteiger partial charge < -0.3 is 4.74 Å². The highest BCUT2D eigenvalue weighted by Gasteiger charge is 2.29. The van der Waals surface area contributed by atoms with Crippen molar-refractivity contribution in [2.75, 3.05) is 4.90 Å². The van der Waals surface area contributed by atoms with E-state index >= 15 is 0 Å². The Morgan fingerprint density at radius 1 is 1.29 bits per heavy atom. The maximum atomic E-state index is 11.7. The summed E-state index contributed by atoms with van der Waals surface area (Å²) < 4.78 is 5.13. The lowest BCUT2D eigenvalue weighted by atomic mass is 10.1. The molecule has 0 unspecified atom stereocenters. The number of rotatable bonds is 2. The van der Waals surface area contributed by atoms with E-state index in [1.54, 1.807) is 4.90 Å². The highest BCUT2D eigenvalue weighted by molar-refractivity contribution is 5.89. The van der Waals surface area contributed by atoms with Crippen molar-refractivity contribution in [1.29, 1.82) is 0 Å². The van der Waals surface area contributed by atoms with Gasteiger partial charge in [0.2, 0.25) is 0 Å². The first-order valence-electron chi connectivity index (χ1n) is 5.96.